The third-order valence-electron chi connectivity index (χ3n) is 8.18. The third kappa shape index (κ3) is 1.36. The van der Waals surface area contributed by atoms with Gasteiger partial charge in [0.2, 0.25) is 0 Å². The van der Waals surface area contributed by atoms with E-state index in [1.807, 2.05) is 19.1 Å². The van der Waals surface area contributed by atoms with Gasteiger partial charge in [-0.05, 0) is 25.0 Å². The summed E-state index contributed by atoms with van der Waals surface area (Å²) in [5.74, 6) is -0.375. The van der Waals surface area contributed by atoms with Crippen LogP contribution in [0.2, 0.25) is 0 Å². The molecule has 6 unspecified atom stereocenters. The first-order valence-electron chi connectivity index (χ1n) is 9.75. The largest absolute Gasteiger partial charge is 0.468 e. The minimum atomic E-state index is -1.05. The van der Waals surface area contributed by atoms with Crippen molar-refractivity contribution in [1.82, 2.24) is 4.90 Å². The van der Waals surface area contributed by atoms with Crippen molar-refractivity contribution in [3.8, 4) is 0 Å². The van der Waals surface area contributed by atoms with E-state index in [0.717, 1.165) is 24.2 Å². The molecule has 4 bridgehead atoms. The molecule has 6 atom stereocenters. The maximum absolute atomic E-state index is 13.5. The average molecular weight is 368 g/mol. The fraction of sp³-hybridized carbons (Fsp3) is 0.571. The van der Waals surface area contributed by atoms with Crippen LogP contribution in [0.1, 0.15) is 25.3 Å². The highest BCUT2D eigenvalue weighted by Crippen LogP contribution is 2.76. The van der Waals surface area contributed by atoms with Gasteiger partial charge in [0.1, 0.15) is 11.6 Å². The summed E-state index contributed by atoms with van der Waals surface area (Å²) in [7, 11) is 1.43. The van der Waals surface area contributed by atoms with Gasteiger partial charge in [-0.2, -0.15) is 0 Å². The van der Waals surface area contributed by atoms with Crippen molar-refractivity contribution >= 4 is 11.7 Å². The molecule has 0 aromatic heterocycles. The number of nitrogens with one attached hydrogen (secondary N) is 1. The molecule has 0 radical (unpaired) electrons. The van der Waals surface area contributed by atoms with Gasteiger partial charge in [0.15, 0.2) is 5.72 Å². The van der Waals surface area contributed by atoms with Crippen LogP contribution in [0, 0.1) is 11.3 Å². The van der Waals surface area contributed by atoms with Crippen molar-refractivity contribution in [3.05, 3.63) is 41.5 Å². The number of fused-ring (bicyclic) bond motifs is 4. The monoisotopic (exact) mass is 368 g/mol. The number of ether oxygens (including phenoxy) is 2. The Labute approximate surface area is 158 Å². The summed E-state index contributed by atoms with van der Waals surface area (Å²) >= 11 is 0. The number of piperidine rings is 2. The number of methoxy groups -OCH3 is 1. The van der Waals surface area contributed by atoms with Crippen molar-refractivity contribution in [2.75, 3.05) is 25.6 Å². The smallest absolute Gasteiger partial charge is 0.315 e. The van der Waals surface area contributed by atoms with Gasteiger partial charge in [-0.15, -0.1) is 0 Å². The molecule has 1 aromatic carbocycles. The average Bonchev–Trinajstić information content (AvgIpc) is 3.30. The van der Waals surface area contributed by atoms with E-state index in [1.54, 1.807) is 0 Å². The fourth-order valence-corrected chi connectivity index (χ4v) is 7.33. The molecule has 1 aliphatic carbocycles. The quantitative estimate of drug-likeness (QED) is 0.611. The summed E-state index contributed by atoms with van der Waals surface area (Å²) in [5.41, 5.74) is 0.919. The van der Waals surface area contributed by atoms with Crippen LogP contribution in [-0.4, -0.2) is 54.2 Å². The Balaban J connectivity index is 1.73. The van der Waals surface area contributed by atoms with E-state index in [1.165, 1.54) is 12.7 Å². The molecule has 3 saturated heterocycles. The zero-order valence-electron chi connectivity index (χ0n) is 15.6. The lowest BCUT2D eigenvalue weighted by Crippen LogP contribution is -2.78. The molecule has 4 aliphatic heterocycles. The van der Waals surface area contributed by atoms with Crippen molar-refractivity contribution < 1.29 is 19.4 Å². The number of hydrogen-bond donors (Lipinski definition) is 2. The second kappa shape index (κ2) is 4.74. The van der Waals surface area contributed by atoms with Gasteiger partial charge < -0.3 is 19.9 Å². The molecule has 1 aromatic rings. The molecule has 1 spiro atoms. The maximum atomic E-state index is 13.5. The Morgan fingerprint density at radius 1 is 1.48 bits per heavy atom. The minimum Gasteiger partial charge on any atom is -0.468 e. The zero-order chi connectivity index (χ0) is 18.6. The summed E-state index contributed by atoms with van der Waals surface area (Å²) in [5, 5.41) is 14.5. The zero-order valence-corrected chi connectivity index (χ0v) is 15.6. The van der Waals surface area contributed by atoms with E-state index < -0.39 is 16.6 Å². The highest BCUT2D eigenvalue weighted by molar-refractivity contribution is 5.85. The number of para-hydroxylation sites is 1. The van der Waals surface area contributed by atoms with Crippen molar-refractivity contribution in [1.29, 1.82) is 0 Å². The van der Waals surface area contributed by atoms with Gasteiger partial charge in [0, 0.05) is 24.6 Å². The molecule has 1 saturated carbocycles. The summed E-state index contributed by atoms with van der Waals surface area (Å²) < 4.78 is 12.0. The second-order valence-corrected chi connectivity index (χ2v) is 8.55. The van der Waals surface area contributed by atoms with Crippen LogP contribution in [0.5, 0.6) is 0 Å². The van der Waals surface area contributed by atoms with Crippen molar-refractivity contribution in [2.24, 2.45) is 11.3 Å². The van der Waals surface area contributed by atoms with E-state index in [4.69, 9.17) is 9.47 Å². The van der Waals surface area contributed by atoms with Gasteiger partial charge in [0.25, 0.3) is 0 Å². The number of nitrogens with zero attached hydrogens (tertiary/aromatic N) is 1. The van der Waals surface area contributed by atoms with Gasteiger partial charge in [-0.3, -0.25) is 9.69 Å². The van der Waals surface area contributed by atoms with Crippen LogP contribution >= 0.6 is 0 Å². The number of benzene rings is 1. The van der Waals surface area contributed by atoms with Crippen LogP contribution in [0.25, 0.3) is 0 Å². The van der Waals surface area contributed by atoms with Crippen LogP contribution in [0.3, 0.4) is 0 Å². The summed E-state index contributed by atoms with van der Waals surface area (Å²) in [6.07, 6.45) is 3.54. The molecule has 6 nitrogen and oxygen atoms in total. The molecular weight excluding hydrogens is 344 g/mol. The number of anilines is 1. The number of hydrogen-bond acceptors (Lipinski definition) is 6. The van der Waals surface area contributed by atoms with Crippen molar-refractivity contribution in [2.45, 2.75) is 43.2 Å². The van der Waals surface area contributed by atoms with Crippen molar-refractivity contribution in [3.63, 3.8) is 0 Å². The number of carbonyl (C=O) groups excluding carboxylic acids is 1. The van der Waals surface area contributed by atoms with Gasteiger partial charge >= 0.3 is 5.97 Å². The lowest BCUT2D eigenvalue weighted by atomic mass is 9.42. The molecular formula is C21H24N2O4. The second-order valence-electron chi connectivity index (χ2n) is 8.55. The molecule has 0 amide bonds. The first-order chi connectivity index (χ1) is 13.1. The van der Waals surface area contributed by atoms with E-state index in [9.17, 15) is 9.90 Å². The molecule has 27 heavy (non-hydrogen) atoms. The summed E-state index contributed by atoms with van der Waals surface area (Å²) in [6, 6.07) is 8.34. The predicted octanol–water partition coefficient (Wildman–Crippen LogP) is 1.61. The first kappa shape index (κ1) is 16.1. The summed E-state index contributed by atoms with van der Waals surface area (Å²) in [6.45, 7) is 2.56. The number of allylic oxidation sites excluding steroid dienone is 1. The minimum absolute atomic E-state index is 0.0510. The number of esters is 1. The number of rotatable bonds is 2. The SMILES string of the molecule is C/C=C1/CN2C3CC45c6ccccc6NC4(O3)C2CC1C5(CO)C(=O)OC. The number of carbonyl (C=O) groups is 1. The van der Waals surface area contributed by atoms with Gasteiger partial charge in [-0.25, -0.2) is 0 Å². The highest BCUT2D eigenvalue weighted by atomic mass is 16.6. The standard InChI is InChI=1S/C21H24N2O4/c1-3-12-10-23-16-8-14(12)19(11-24,18(25)26-2)20-9-17(23)27-21(16,20)22-15-7-5-4-6-13(15)20/h3-7,14,16-17,22,24H,8-11H2,1-2H3/b12-3-. The van der Waals surface area contributed by atoms with Crippen LogP contribution in [0.4, 0.5) is 5.69 Å². The Morgan fingerprint density at radius 2 is 2.30 bits per heavy atom. The lowest BCUT2D eigenvalue weighted by Gasteiger charge is -2.64. The Morgan fingerprint density at radius 3 is 3.04 bits per heavy atom. The molecule has 5 aliphatic rings. The van der Waals surface area contributed by atoms with E-state index in [0.29, 0.717) is 6.42 Å². The molecule has 6 heteroatoms. The molecule has 2 N–H and O–H groups in total. The number of aliphatic hydroxyl groups excluding tert-OH is 1. The predicted molar refractivity (Wildman–Crippen MR) is 97.9 cm³/mol. The lowest BCUT2D eigenvalue weighted by molar-refractivity contribution is -0.191. The Kier molecular flexibility index (Phi) is 2.83. The van der Waals surface area contributed by atoms with Gasteiger partial charge in [0.05, 0.1) is 25.2 Å². The number of aliphatic hydroxyl groups is 1. The third-order valence-corrected chi connectivity index (χ3v) is 8.18. The van der Waals surface area contributed by atoms with Gasteiger partial charge in [-0.1, -0.05) is 29.8 Å². The Bertz CT molecular complexity index is 900. The van der Waals surface area contributed by atoms with E-state index >= 15 is 0 Å². The van der Waals surface area contributed by atoms with Crippen LogP contribution in [-0.2, 0) is 19.7 Å². The fourth-order valence-electron chi connectivity index (χ4n) is 7.33. The van der Waals surface area contributed by atoms with Crippen LogP contribution in [0.15, 0.2) is 35.9 Å². The van der Waals surface area contributed by atoms with E-state index in [-0.39, 0.29) is 30.8 Å². The molecule has 4 fully saturated rings. The highest BCUT2D eigenvalue weighted by Gasteiger charge is 2.87. The maximum Gasteiger partial charge on any atom is 0.315 e. The summed E-state index contributed by atoms with van der Waals surface area (Å²) in [4.78, 5) is 15.9. The molecule has 6 rings (SSSR count). The molecule has 4 heterocycles. The van der Waals surface area contributed by atoms with E-state index in [2.05, 4.69) is 28.4 Å². The molecule has 142 valence electrons. The Hall–Kier alpha value is -1.89. The topological polar surface area (TPSA) is 71.0 Å². The van der Waals surface area contributed by atoms with Crippen LogP contribution < -0.4 is 5.32 Å². The normalized spacial score (nSPS) is 47.1. The first-order valence-corrected chi connectivity index (χ1v) is 9.75.